The molecule has 0 aromatic heterocycles. The molecule has 1 aromatic carbocycles. The highest BCUT2D eigenvalue weighted by atomic mass is 127. The minimum atomic E-state index is 0. The molecule has 0 aliphatic heterocycles. The Morgan fingerprint density at radius 2 is 1.86 bits per heavy atom. The summed E-state index contributed by atoms with van der Waals surface area (Å²) in [7, 11) is 3.50. The zero-order valence-electron chi connectivity index (χ0n) is 13.2. The zero-order valence-corrected chi connectivity index (χ0v) is 16.3. The molecule has 0 aliphatic carbocycles. The van der Waals surface area contributed by atoms with Gasteiger partial charge in [0, 0.05) is 38.6 Å². The van der Waals surface area contributed by atoms with Crippen molar-refractivity contribution in [2.24, 2.45) is 4.99 Å². The quantitative estimate of drug-likeness (QED) is 0.408. The summed E-state index contributed by atoms with van der Waals surface area (Å²) >= 11 is 5.85. The first-order chi connectivity index (χ1) is 10.0. The van der Waals surface area contributed by atoms with E-state index in [9.17, 15) is 4.79 Å². The Balaban J connectivity index is 0.00000441. The fourth-order valence-corrected chi connectivity index (χ4v) is 1.74. The van der Waals surface area contributed by atoms with Gasteiger partial charge < -0.3 is 15.5 Å². The lowest BCUT2D eigenvalue weighted by atomic mass is 10.2. The van der Waals surface area contributed by atoms with Gasteiger partial charge >= 0.3 is 0 Å². The molecule has 0 fully saturated rings. The minimum absolute atomic E-state index is 0. The van der Waals surface area contributed by atoms with Crippen molar-refractivity contribution >= 4 is 47.4 Å². The smallest absolute Gasteiger partial charge is 0.223 e. The van der Waals surface area contributed by atoms with Gasteiger partial charge in [-0.05, 0) is 24.6 Å². The maximum absolute atomic E-state index is 11.5. The Hall–Kier alpha value is -1.02. The van der Waals surface area contributed by atoms with Gasteiger partial charge in [-0.2, -0.15) is 0 Å². The van der Waals surface area contributed by atoms with Crippen LogP contribution in [0.25, 0.3) is 0 Å². The average molecular weight is 439 g/mol. The summed E-state index contributed by atoms with van der Waals surface area (Å²) in [6.07, 6.45) is 0.443. The molecule has 0 aliphatic rings. The molecule has 0 radical (unpaired) electrons. The van der Waals surface area contributed by atoms with Gasteiger partial charge in [0.1, 0.15) is 0 Å². The van der Waals surface area contributed by atoms with Crippen molar-refractivity contribution in [2.75, 3.05) is 27.2 Å². The molecular weight excluding hydrogens is 415 g/mol. The highest BCUT2D eigenvalue weighted by molar-refractivity contribution is 14.0. The number of rotatable bonds is 6. The van der Waals surface area contributed by atoms with Crippen LogP contribution in [0, 0.1) is 0 Å². The van der Waals surface area contributed by atoms with E-state index in [-0.39, 0.29) is 29.9 Å². The van der Waals surface area contributed by atoms with Crippen LogP contribution in [0.3, 0.4) is 0 Å². The van der Waals surface area contributed by atoms with Gasteiger partial charge in [0.15, 0.2) is 5.96 Å². The summed E-state index contributed by atoms with van der Waals surface area (Å²) in [5.74, 6) is 0.801. The molecule has 1 amide bonds. The molecule has 0 atom stereocenters. The molecule has 22 heavy (non-hydrogen) atoms. The van der Waals surface area contributed by atoms with Crippen molar-refractivity contribution in [2.45, 2.75) is 19.9 Å². The van der Waals surface area contributed by atoms with E-state index in [1.54, 1.807) is 19.0 Å². The first-order valence-corrected chi connectivity index (χ1v) is 7.37. The van der Waals surface area contributed by atoms with Crippen LogP contribution in [0.5, 0.6) is 0 Å². The standard InChI is InChI=1S/C15H23ClN4O.HI/c1-4-17-15(18-10-9-14(21)20(2)3)19-11-12-5-7-13(16)8-6-12;/h5-8H,4,9-11H2,1-3H3,(H2,17,18,19);1H. The molecular formula is C15H24ClIN4O. The molecule has 1 rings (SSSR count). The Morgan fingerprint density at radius 1 is 1.23 bits per heavy atom. The van der Waals surface area contributed by atoms with E-state index >= 15 is 0 Å². The van der Waals surface area contributed by atoms with Gasteiger partial charge in [-0.1, -0.05) is 23.7 Å². The fourth-order valence-electron chi connectivity index (χ4n) is 1.61. The second-order valence-corrected chi connectivity index (χ2v) is 5.22. The predicted molar refractivity (Wildman–Crippen MR) is 103 cm³/mol. The van der Waals surface area contributed by atoms with E-state index in [2.05, 4.69) is 15.6 Å². The maximum atomic E-state index is 11.5. The minimum Gasteiger partial charge on any atom is -0.357 e. The number of halogens is 2. The molecule has 1 aromatic rings. The zero-order chi connectivity index (χ0) is 15.7. The molecule has 0 unspecified atom stereocenters. The van der Waals surface area contributed by atoms with Crippen molar-refractivity contribution < 1.29 is 4.79 Å². The first kappa shape index (κ1) is 21.0. The van der Waals surface area contributed by atoms with Gasteiger partial charge in [-0.15, -0.1) is 24.0 Å². The maximum Gasteiger partial charge on any atom is 0.223 e. The largest absolute Gasteiger partial charge is 0.357 e. The number of guanidine groups is 1. The molecule has 0 bridgehead atoms. The molecule has 7 heteroatoms. The molecule has 0 heterocycles. The first-order valence-electron chi connectivity index (χ1n) is 6.99. The second kappa shape index (κ2) is 11.5. The van der Waals surface area contributed by atoms with Crippen molar-refractivity contribution in [3.63, 3.8) is 0 Å². The number of hydrogen-bond acceptors (Lipinski definition) is 2. The van der Waals surface area contributed by atoms with Crippen LogP contribution in [0.2, 0.25) is 5.02 Å². The molecule has 0 spiro atoms. The number of nitrogens with zero attached hydrogens (tertiary/aromatic N) is 2. The third-order valence-electron chi connectivity index (χ3n) is 2.81. The number of hydrogen-bond donors (Lipinski definition) is 2. The summed E-state index contributed by atoms with van der Waals surface area (Å²) in [5, 5.41) is 7.03. The summed E-state index contributed by atoms with van der Waals surface area (Å²) < 4.78 is 0. The third-order valence-corrected chi connectivity index (χ3v) is 3.06. The molecule has 124 valence electrons. The number of carbonyl (C=O) groups excluding carboxylic acids is 1. The fraction of sp³-hybridized carbons (Fsp3) is 0.467. The Kier molecular flexibility index (Phi) is 11.0. The monoisotopic (exact) mass is 438 g/mol. The van der Waals surface area contributed by atoms with E-state index in [1.165, 1.54) is 0 Å². The summed E-state index contributed by atoms with van der Waals surface area (Å²) in [6, 6.07) is 7.60. The van der Waals surface area contributed by atoms with Crippen LogP contribution >= 0.6 is 35.6 Å². The second-order valence-electron chi connectivity index (χ2n) is 4.79. The molecule has 0 saturated carbocycles. The van der Waals surface area contributed by atoms with Crippen molar-refractivity contribution in [3.8, 4) is 0 Å². The number of carbonyl (C=O) groups is 1. The number of amides is 1. The normalized spacial score (nSPS) is 10.6. The van der Waals surface area contributed by atoms with E-state index in [4.69, 9.17) is 11.6 Å². The van der Waals surface area contributed by atoms with Gasteiger partial charge in [-0.25, -0.2) is 4.99 Å². The van der Waals surface area contributed by atoms with Crippen LogP contribution < -0.4 is 10.6 Å². The van der Waals surface area contributed by atoms with Crippen molar-refractivity contribution in [1.29, 1.82) is 0 Å². The molecule has 2 N–H and O–H groups in total. The van der Waals surface area contributed by atoms with Gasteiger partial charge in [0.25, 0.3) is 0 Å². The highest BCUT2D eigenvalue weighted by Gasteiger charge is 2.04. The number of aliphatic imine (C=N–C) groups is 1. The number of benzene rings is 1. The van der Waals surface area contributed by atoms with Gasteiger partial charge in [0.2, 0.25) is 5.91 Å². The lowest BCUT2D eigenvalue weighted by Crippen LogP contribution is -2.39. The summed E-state index contributed by atoms with van der Waals surface area (Å²) in [6.45, 7) is 3.90. The Labute approximate surface area is 154 Å². The van der Waals surface area contributed by atoms with Crippen LogP contribution in [0.1, 0.15) is 18.9 Å². The van der Waals surface area contributed by atoms with E-state index in [1.807, 2.05) is 31.2 Å². The van der Waals surface area contributed by atoms with Crippen LogP contribution in [-0.2, 0) is 11.3 Å². The number of nitrogens with one attached hydrogen (secondary N) is 2. The third kappa shape index (κ3) is 8.43. The molecule has 5 nitrogen and oxygen atoms in total. The average Bonchev–Trinajstić information content (AvgIpc) is 2.46. The summed E-state index contributed by atoms with van der Waals surface area (Å²) in [5.41, 5.74) is 1.08. The van der Waals surface area contributed by atoms with Gasteiger partial charge in [-0.3, -0.25) is 4.79 Å². The predicted octanol–water partition coefficient (Wildman–Crippen LogP) is 2.49. The lowest BCUT2D eigenvalue weighted by Gasteiger charge is -2.13. The Bertz CT molecular complexity index is 477. The SMILES string of the molecule is CCNC(=NCc1ccc(Cl)cc1)NCCC(=O)N(C)C.I. The van der Waals surface area contributed by atoms with Crippen molar-refractivity contribution in [3.05, 3.63) is 34.9 Å². The topological polar surface area (TPSA) is 56.7 Å². The highest BCUT2D eigenvalue weighted by Crippen LogP contribution is 2.10. The van der Waals surface area contributed by atoms with Gasteiger partial charge in [0.05, 0.1) is 6.54 Å². The molecule has 0 saturated heterocycles. The lowest BCUT2D eigenvalue weighted by molar-refractivity contribution is -0.128. The van der Waals surface area contributed by atoms with E-state index in [0.717, 1.165) is 17.1 Å². The van der Waals surface area contributed by atoms with E-state index < -0.39 is 0 Å². The van der Waals surface area contributed by atoms with E-state index in [0.29, 0.717) is 25.5 Å². The van der Waals surface area contributed by atoms with Crippen molar-refractivity contribution in [1.82, 2.24) is 15.5 Å². The summed E-state index contributed by atoms with van der Waals surface area (Å²) in [4.78, 5) is 17.6. The van der Waals surface area contributed by atoms with Crippen LogP contribution in [0.4, 0.5) is 0 Å². The van der Waals surface area contributed by atoms with Crippen LogP contribution in [-0.4, -0.2) is 44.0 Å². The Morgan fingerprint density at radius 3 is 2.41 bits per heavy atom. The van der Waals surface area contributed by atoms with Crippen LogP contribution in [0.15, 0.2) is 29.3 Å².